The van der Waals surface area contributed by atoms with Crippen LogP contribution in [0.25, 0.3) is 0 Å². The Labute approximate surface area is 88.8 Å². The Morgan fingerprint density at radius 3 is 2.60 bits per heavy atom. The zero-order chi connectivity index (χ0) is 10.7. The second-order valence-corrected chi connectivity index (χ2v) is 3.49. The molecule has 0 radical (unpaired) electrons. The van der Waals surface area contributed by atoms with Crippen LogP contribution >= 0.6 is 0 Å². The van der Waals surface area contributed by atoms with E-state index in [2.05, 4.69) is 4.99 Å². The molecule has 0 saturated heterocycles. The molecule has 0 saturated carbocycles. The minimum atomic E-state index is 0.0511. The minimum Gasteiger partial charge on any atom is -0.497 e. The average molecular weight is 203 g/mol. The first-order valence-electron chi connectivity index (χ1n) is 5.03. The van der Waals surface area contributed by atoms with Gasteiger partial charge >= 0.3 is 0 Å². The van der Waals surface area contributed by atoms with E-state index in [1.165, 1.54) is 0 Å². The molecule has 2 rings (SSSR count). The van der Waals surface area contributed by atoms with Crippen molar-refractivity contribution in [3.63, 3.8) is 0 Å². The lowest BCUT2D eigenvalue weighted by atomic mass is 10.1. The Bertz CT molecular complexity index is 393. The van der Waals surface area contributed by atoms with Gasteiger partial charge in [0.25, 0.3) is 0 Å². The topological polar surface area (TPSA) is 38.7 Å². The third-order valence-electron chi connectivity index (χ3n) is 2.49. The summed E-state index contributed by atoms with van der Waals surface area (Å²) in [6.07, 6.45) is 1.81. The second-order valence-electron chi connectivity index (χ2n) is 3.49. The van der Waals surface area contributed by atoms with Crippen LogP contribution < -0.4 is 4.74 Å². The fraction of sp³-hybridized carbons (Fsp3) is 0.333. The van der Waals surface area contributed by atoms with E-state index in [0.29, 0.717) is 11.3 Å². The number of methoxy groups -OCH3 is 1. The molecule has 15 heavy (non-hydrogen) atoms. The van der Waals surface area contributed by atoms with Crippen LogP contribution in [-0.2, 0) is 0 Å². The predicted molar refractivity (Wildman–Crippen MR) is 58.9 cm³/mol. The molecule has 3 heteroatoms. The maximum absolute atomic E-state index is 11.9. The van der Waals surface area contributed by atoms with E-state index < -0.39 is 0 Å². The van der Waals surface area contributed by atoms with Crippen molar-refractivity contribution in [2.45, 2.75) is 12.8 Å². The van der Waals surface area contributed by atoms with Crippen molar-refractivity contribution < 1.29 is 9.53 Å². The van der Waals surface area contributed by atoms with Crippen LogP contribution in [0.5, 0.6) is 5.75 Å². The summed E-state index contributed by atoms with van der Waals surface area (Å²) in [7, 11) is 1.61. The summed E-state index contributed by atoms with van der Waals surface area (Å²) < 4.78 is 5.03. The lowest BCUT2D eigenvalue weighted by Gasteiger charge is -2.02. The Hall–Kier alpha value is -1.64. The van der Waals surface area contributed by atoms with Gasteiger partial charge < -0.3 is 4.74 Å². The third kappa shape index (κ3) is 2.06. The van der Waals surface area contributed by atoms with E-state index in [1.54, 1.807) is 31.4 Å². The SMILES string of the molecule is COc1ccc(C(=O)C2=NCCC2)cc1. The summed E-state index contributed by atoms with van der Waals surface area (Å²) >= 11 is 0. The number of rotatable bonds is 3. The maximum atomic E-state index is 11.9. The first-order chi connectivity index (χ1) is 7.31. The highest BCUT2D eigenvalue weighted by atomic mass is 16.5. The van der Waals surface area contributed by atoms with E-state index in [9.17, 15) is 4.79 Å². The van der Waals surface area contributed by atoms with Crippen molar-refractivity contribution in [3.8, 4) is 5.75 Å². The number of ketones is 1. The molecule has 0 atom stereocenters. The number of aliphatic imine (C=N–C) groups is 1. The molecule has 3 nitrogen and oxygen atoms in total. The summed E-state index contributed by atoms with van der Waals surface area (Å²) in [5.74, 6) is 0.815. The van der Waals surface area contributed by atoms with Gasteiger partial charge in [-0.1, -0.05) is 0 Å². The van der Waals surface area contributed by atoms with Gasteiger partial charge in [-0.3, -0.25) is 9.79 Å². The van der Waals surface area contributed by atoms with E-state index >= 15 is 0 Å². The van der Waals surface area contributed by atoms with Crippen molar-refractivity contribution in [2.75, 3.05) is 13.7 Å². The maximum Gasteiger partial charge on any atom is 0.206 e. The van der Waals surface area contributed by atoms with Crippen molar-refractivity contribution in [2.24, 2.45) is 4.99 Å². The van der Waals surface area contributed by atoms with Crippen LogP contribution in [0.2, 0.25) is 0 Å². The van der Waals surface area contributed by atoms with Crippen LogP contribution in [0, 0.1) is 0 Å². The van der Waals surface area contributed by atoms with Gasteiger partial charge in [0.2, 0.25) is 5.78 Å². The van der Waals surface area contributed by atoms with Gasteiger partial charge in [0, 0.05) is 12.1 Å². The molecule has 0 fully saturated rings. The monoisotopic (exact) mass is 203 g/mol. The van der Waals surface area contributed by atoms with E-state index in [4.69, 9.17) is 4.74 Å². The number of hydrogen-bond donors (Lipinski definition) is 0. The zero-order valence-electron chi connectivity index (χ0n) is 8.69. The Morgan fingerprint density at radius 1 is 1.33 bits per heavy atom. The third-order valence-corrected chi connectivity index (χ3v) is 2.49. The number of nitrogens with zero attached hydrogens (tertiary/aromatic N) is 1. The summed E-state index contributed by atoms with van der Waals surface area (Å²) in [4.78, 5) is 16.1. The highest BCUT2D eigenvalue weighted by molar-refractivity contribution is 6.46. The molecule has 0 spiro atoms. The quantitative estimate of drug-likeness (QED) is 0.706. The lowest BCUT2D eigenvalue weighted by Crippen LogP contribution is -2.11. The highest BCUT2D eigenvalue weighted by Gasteiger charge is 2.16. The molecule has 0 amide bonds. The van der Waals surface area contributed by atoms with E-state index in [0.717, 1.165) is 25.1 Å². The fourth-order valence-electron chi connectivity index (χ4n) is 1.63. The molecule has 0 N–H and O–H groups in total. The molecule has 78 valence electrons. The van der Waals surface area contributed by atoms with E-state index in [1.807, 2.05) is 0 Å². The largest absolute Gasteiger partial charge is 0.497 e. The molecule has 0 unspecified atom stereocenters. The summed E-state index contributed by atoms with van der Waals surface area (Å²) in [6, 6.07) is 7.15. The Morgan fingerprint density at radius 2 is 2.07 bits per heavy atom. The number of ether oxygens (including phenoxy) is 1. The van der Waals surface area contributed by atoms with Crippen LogP contribution in [0.15, 0.2) is 29.3 Å². The van der Waals surface area contributed by atoms with Crippen molar-refractivity contribution in [3.05, 3.63) is 29.8 Å². The molecule has 1 heterocycles. The molecule has 1 aliphatic heterocycles. The normalized spacial score (nSPS) is 14.9. The van der Waals surface area contributed by atoms with Crippen LogP contribution in [0.1, 0.15) is 23.2 Å². The van der Waals surface area contributed by atoms with Gasteiger partial charge in [-0.05, 0) is 37.1 Å². The van der Waals surface area contributed by atoms with Gasteiger partial charge in [-0.2, -0.15) is 0 Å². The molecular formula is C12H13NO2. The highest BCUT2D eigenvalue weighted by Crippen LogP contribution is 2.14. The number of carbonyl (C=O) groups is 1. The first-order valence-corrected chi connectivity index (χ1v) is 5.03. The van der Waals surface area contributed by atoms with Gasteiger partial charge in [0.15, 0.2) is 0 Å². The molecule has 1 aliphatic rings. The molecule has 1 aromatic rings. The zero-order valence-corrected chi connectivity index (χ0v) is 8.69. The summed E-state index contributed by atoms with van der Waals surface area (Å²) in [5, 5.41) is 0. The predicted octanol–water partition coefficient (Wildman–Crippen LogP) is 2.11. The second kappa shape index (κ2) is 4.26. The number of carbonyl (C=O) groups excluding carboxylic acids is 1. The summed E-state index contributed by atoms with van der Waals surface area (Å²) in [6.45, 7) is 0.789. The molecular weight excluding hydrogens is 190 g/mol. The van der Waals surface area contributed by atoms with Crippen LogP contribution in [-0.4, -0.2) is 25.1 Å². The molecule has 0 aromatic heterocycles. The van der Waals surface area contributed by atoms with Crippen molar-refractivity contribution >= 4 is 11.5 Å². The fourth-order valence-corrected chi connectivity index (χ4v) is 1.63. The standard InChI is InChI=1S/C12H13NO2/c1-15-10-6-4-9(5-7-10)12(14)11-3-2-8-13-11/h4-7H,2-3,8H2,1H3. The molecule has 1 aromatic carbocycles. The van der Waals surface area contributed by atoms with Gasteiger partial charge in [0.1, 0.15) is 5.75 Å². The van der Waals surface area contributed by atoms with Crippen LogP contribution in [0.3, 0.4) is 0 Å². The molecule has 0 bridgehead atoms. The van der Waals surface area contributed by atoms with E-state index in [-0.39, 0.29) is 5.78 Å². The Kier molecular flexibility index (Phi) is 2.81. The van der Waals surface area contributed by atoms with Gasteiger partial charge in [-0.15, -0.1) is 0 Å². The molecule has 0 aliphatic carbocycles. The van der Waals surface area contributed by atoms with Crippen molar-refractivity contribution in [1.82, 2.24) is 0 Å². The number of Topliss-reactive ketones (excluding diaryl/α,β-unsaturated/α-hetero) is 1. The number of benzene rings is 1. The van der Waals surface area contributed by atoms with Gasteiger partial charge in [-0.25, -0.2) is 0 Å². The van der Waals surface area contributed by atoms with Crippen LogP contribution in [0.4, 0.5) is 0 Å². The number of hydrogen-bond acceptors (Lipinski definition) is 3. The summed E-state index contributed by atoms with van der Waals surface area (Å²) in [5.41, 5.74) is 1.40. The lowest BCUT2D eigenvalue weighted by molar-refractivity contribution is 0.106. The average Bonchev–Trinajstić information content (AvgIpc) is 2.82. The smallest absolute Gasteiger partial charge is 0.206 e. The minimum absolute atomic E-state index is 0.0511. The Balaban J connectivity index is 2.18. The van der Waals surface area contributed by atoms with Crippen molar-refractivity contribution in [1.29, 1.82) is 0 Å². The van der Waals surface area contributed by atoms with Gasteiger partial charge in [0.05, 0.1) is 12.8 Å². The first kappa shape index (κ1) is 9.90.